The lowest BCUT2D eigenvalue weighted by molar-refractivity contribution is 0.392. The van der Waals surface area contributed by atoms with E-state index >= 15 is 0 Å². The molecular weight excluding hydrogens is 172 g/mol. The van der Waals surface area contributed by atoms with Crippen molar-refractivity contribution in [2.24, 2.45) is 5.92 Å². The summed E-state index contributed by atoms with van der Waals surface area (Å²) in [6.07, 6.45) is 5.28. The zero-order valence-corrected chi connectivity index (χ0v) is 10.5. The highest BCUT2D eigenvalue weighted by atomic mass is 15.0. The van der Waals surface area contributed by atoms with Crippen molar-refractivity contribution in [3.63, 3.8) is 0 Å². The number of nitrogens with zero attached hydrogens (tertiary/aromatic N) is 1. The van der Waals surface area contributed by atoms with Crippen molar-refractivity contribution in [1.29, 1.82) is 0 Å². The molecule has 14 heavy (non-hydrogen) atoms. The molecular formula is C12H28N2. The van der Waals surface area contributed by atoms with Crippen molar-refractivity contribution in [1.82, 2.24) is 10.2 Å². The summed E-state index contributed by atoms with van der Waals surface area (Å²) in [6.45, 7) is 8.16. The second-order valence-corrected chi connectivity index (χ2v) is 4.56. The second kappa shape index (κ2) is 9.47. The predicted molar refractivity (Wildman–Crippen MR) is 64.7 cm³/mol. The lowest BCUT2D eigenvalue weighted by Gasteiger charge is -2.11. The Morgan fingerprint density at radius 3 is 2.36 bits per heavy atom. The summed E-state index contributed by atoms with van der Waals surface area (Å²) in [5, 5.41) is 3.49. The van der Waals surface area contributed by atoms with Crippen molar-refractivity contribution in [2.75, 3.05) is 33.7 Å². The predicted octanol–water partition coefficient (Wildman–Crippen LogP) is 2.35. The fourth-order valence-electron chi connectivity index (χ4n) is 1.42. The zero-order chi connectivity index (χ0) is 10.8. The van der Waals surface area contributed by atoms with E-state index < -0.39 is 0 Å². The van der Waals surface area contributed by atoms with Gasteiger partial charge in [0.05, 0.1) is 0 Å². The van der Waals surface area contributed by atoms with Crippen molar-refractivity contribution in [2.45, 2.75) is 39.5 Å². The molecule has 0 bridgehead atoms. The number of hydrogen-bond acceptors (Lipinski definition) is 2. The Bertz CT molecular complexity index is 113. The SMILES string of the molecule is CCC(C)CCCNCCCN(C)C. The van der Waals surface area contributed by atoms with Gasteiger partial charge in [-0.2, -0.15) is 0 Å². The minimum atomic E-state index is 0.901. The molecule has 0 fully saturated rings. The summed E-state index contributed by atoms with van der Waals surface area (Å²) in [4.78, 5) is 2.24. The Labute approximate surface area is 90.1 Å². The van der Waals surface area contributed by atoms with Crippen LogP contribution in [-0.2, 0) is 0 Å². The zero-order valence-electron chi connectivity index (χ0n) is 10.5. The summed E-state index contributed by atoms with van der Waals surface area (Å²) in [7, 11) is 4.26. The van der Waals surface area contributed by atoms with E-state index in [-0.39, 0.29) is 0 Å². The lowest BCUT2D eigenvalue weighted by atomic mass is 10.0. The van der Waals surface area contributed by atoms with Crippen LogP contribution >= 0.6 is 0 Å². The second-order valence-electron chi connectivity index (χ2n) is 4.56. The van der Waals surface area contributed by atoms with E-state index in [4.69, 9.17) is 0 Å². The highest BCUT2D eigenvalue weighted by Crippen LogP contribution is 2.07. The Morgan fingerprint density at radius 1 is 1.14 bits per heavy atom. The van der Waals surface area contributed by atoms with E-state index in [1.807, 2.05) is 0 Å². The van der Waals surface area contributed by atoms with Gasteiger partial charge in [0.25, 0.3) is 0 Å². The average molecular weight is 200 g/mol. The van der Waals surface area contributed by atoms with Gasteiger partial charge in [-0.05, 0) is 58.9 Å². The topological polar surface area (TPSA) is 15.3 Å². The maximum absolute atomic E-state index is 3.49. The molecule has 0 radical (unpaired) electrons. The van der Waals surface area contributed by atoms with Crippen LogP contribution in [0, 0.1) is 5.92 Å². The van der Waals surface area contributed by atoms with Gasteiger partial charge in [0, 0.05) is 0 Å². The molecule has 0 aliphatic carbocycles. The number of nitrogens with one attached hydrogen (secondary N) is 1. The van der Waals surface area contributed by atoms with Crippen LogP contribution in [0.3, 0.4) is 0 Å². The third-order valence-corrected chi connectivity index (χ3v) is 2.71. The highest BCUT2D eigenvalue weighted by molar-refractivity contribution is 4.54. The largest absolute Gasteiger partial charge is 0.317 e. The Balaban J connectivity index is 2.99. The molecule has 0 rings (SSSR count). The van der Waals surface area contributed by atoms with Crippen LogP contribution in [-0.4, -0.2) is 38.6 Å². The molecule has 0 amide bonds. The summed E-state index contributed by atoms with van der Waals surface area (Å²) in [5.74, 6) is 0.901. The van der Waals surface area contributed by atoms with Gasteiger partial charge in [-0.15, -0.1) is 0 Å². The molecule has 0 aromatic rings. The molecule has 86 valence electrons. The molecule has 0 aliphatic rings. The van der Waals surface area contributed by atoms with Crippen LogP contribution in [0.1, 0.15) is 39.5 Å². The lowest BCUT2D eigenvalue weighted by Crippen LogP contribution is -2.22. The van der Waals surface area contributed by atoms with Gasteiger partial charge in [0.1, 0.15) is 0 Å². The number of rotatable bonds is 9. The van der Waals surface area contributed by atoms with E-state index in [1.165, 1.54) is 45.3 Å². The van der Waals surface area contributed by atoms with Crippen LogP contribution < -0.4 is 5.32 Å². The van der Waals surface area contributed by atoms with E-state index in [1.54, 1.807) is 0 Å². The molecule has 0 heterocycles. The van der Waals surface area contributed by atoms with Gasteiger partial charge in [-0.1, -0.05) is 20.3 Å². The van der Waals surface area contributed by atoms with E-state index in [2.05, 4.69) is 38.2 Å². The molecule has 1 unspecified atom stereocenters. The Morgan fingerprint density at radius 2 is 1.79 bits per heavy atom. The fraction of sp³-hybridized carbons (Fsp3) is 1.00. The molecule has 0 aromatic carbocycles. The standard InChI is InChI=1S/C12H28N2/c1-5-12(2)8-6-9-13-10-7-11-14(3)4/h12-13H,5-11H2,1-4H3. The highest BCUT2D eigenvalue weighted by Gasteiger charge is 1.97. The van der Waals surface area contributed by atoms with Crippen molar-refractivity contribution < 1.29 is 0 Å². The number of hydrogen-bond donors (Lipinski definition) is 1. The van der Waals surface area contributed by atoms with E-state index in [0.717, 1.165) is 5.92 Å². The third kappa shape index (κ3) is 10.0. The summed E-state index contributed by atoms with van der Waals surface area (Å²) in [6, 6.07) is 0. The first kappa shape index (κ1) is 13.9. The maximum Gasteiger partial charge on any atom is -0.00127 e. The first-order valence-corrected chi connectivity index (χ1v) is 6.02. The quantitative estimate of drug-likeness (QED) is 0.575. The van der Waals surface area contributed by atoms with Crippen LogP contribution in [0.15, 0.2) is 0 Å². The average Bonchev–Trinajstić information content (AvgIpc) is 2.15. The molecule has 0 saturated carbocycles. The molecule has 0 spiro atoms. The fourth-order valence-corrected chi connectivity index (χ4v) is 1.42. The summed E-state index contributed by atoms with van der Waals surface area (Å²) >= 11 is 0. The molecule has 2 nitrogen and oxygen atoms in total. The van der Waals surface area contributed by atoms with E-state index in [0.29, 0.717) is 0 Å². The normalized spacial score (nSPS) is 13.5. The van der Waals surface area contributed by atoms with E-state index in [9.17, 15) is 0 Å². The van der Waals surface area contributed by atoms with Gasteiger partial charge in [0.2, 0.25) is 0 Å². The van der Waals surface area contributed by atoms with Gasteiger partial charge >= 0.3 is 0 Å². The monoisotopic (exact) mass is 200 g/mol. The minimum absolute atomic E-state index is 0.901. The van der Waals surface area contributed by atoms with Gasteiger partial charge < -0.3 is 10.2 Å². The molecule has 2 heteroatoms. The first-order valence-electron chi connectivity index (χ1n) is 6.02. The van der Waals surface area contributed by atoms with Crippen LogP contribution in [0.2, 0.25) is 0 Å². The summed E-state index contributed by atoms with van der Waals surface area (Å²) in [5.41, 5.74) is 0. The molecule has 0 saturated heterocycles. The molecule has 1 atom stereocenters. The first-order chi connectivity index (χ1) is 6.66. The van der Waals surface area contributed by atoms with Crippen LogP contribution in [0.4, 0.5) is 0 Å². The molecule has 0 aromatic heterocycles. The Hall–Kier alpha value is -0.0800. The van der Waals surface area contributed by atoms with Gasteiger partial charge in [-0.3, -0.25) is 0 Å². The van der Waals surface area contributed by atoms with Crippen molar-refractivity contribution in [3.05, 3.63) is 0 Å². The minimum Gasteiger partial charge on any atom is -0.317 e. The molecule has 0 aliphatic heterocycles. The van der Waals surface area contributed by atoms with Crippen molar-refractivity contribution >= 4 is 0 Å². The summed E-state index contributed by atoms with van der Waals surface area (Å²) < 4.78 is 0. The van der Waals surface area contributed by atoms with Gasteiger partial charge in [0.15, 0.2) is 0 Å². The molecule has 1 N–H and O–H groups in total. The van der Waals surface area contributed by atoms with Crippen molar-refractivity contribution in [3.8, 4) is 0 Å². The Kier molecular flexibility index (Phi) is 9.42. The van der Waals surface area contributed by atoms with Gasteiger partial charge in [-0.25, -0.2) is 0 Å². The third-order valence-electron chi connectivity index (χ3n) is 2.71. The maximum atomic E-state index is 3.49. The van der Waals surface area contributed by atoms with Crippen LogP contribution in [0.5, 0.6) is 0 Å². The van der Waals surface area contributed by atoms with Crippen LogP contribution in [0.25, 0.3) is 0 Å². The smallest absolute Gasteiger partial charge is 0.00127 e.